The molecular weight excluding hydrogens is 216 g/mol. The summed E-state index contributed by atoms with van der Waals surface area (Å²) in [6.07, 6.45) is 0.661. The lowest BCUT2D eigenvalue weighted by Gasteiger charge is -1.94. The number of hydrogen-bond donors (Lipinski definition) is 1. The van der Waals surface area contributed by atoms with E-state index in [2.05, 4.69) is 5.16 Å². The monoisotopic (exact) mass is 228 g/mol. The van der Waals surface area contributed by atoms with Crippen LogP contribution in [0.25, 0.3) is 22.5 Å². The average Bonchev–Trinajstić information content (AvgIpc) is 2.93. The third-order valence-corrected chi connectivity index (χ3v) is 2.65. The first-order valence-electron chi connectivity index (χ1n) is 5.52. The van der Waals surface area contributed by atoms with Gasteiger partial charge in [0.05, 0.1) is 0 Å². The van der Waals surface area contributed by atoms with Gasteiger partial charge < -0.3 is 14.7 Å². The molecule has 1 aromatic carbocycles. The number of furan rings is 1. The van der Waals surface area contributed by atoms with E-state index in [0.29, 0.717) is 24.1 Å². The Hall–Kier alpha value is -2.07. The van der Waals surface area contributed by atoms with E-state index in [1.165, 1.54) is 0 Å². The average molecular weight is 228 g/mol. The van der Waals surface area contributed by atoms with Gasteiger partial charge in [-0.25, -0.2) is 0 Å². The van der Waals surface area contributed by atoms with Crippen molar-refractivity contribution in [3.63, 3.8) is 0 Å². The molecule has 2 aromatic heterocycles. The summed E-state index contributed by atoms with van der Waals surface area (Å²) in [5.41, 5.74) is 8.69. The van der Waals surface area contributed by atoms with Crippen molar-refractivity contribution >= 4 is 11.2 Å². The number of aromatic nitrogens is 1. The highest BCUT2D eigenvalue weighted by Crippen LogP contribution is 2.29. The zero-order valence-electron chi connectivity index (χ0n) is 9.22. The van der Waals surface area contributed by atoms with E-state index in [0.717, 1.165) is 17.0 Å². The van der Waals surface area contributed by atoms with Gasteiger partial charge in [0.1, 0.15) is 11.5 Å². The summed E-state index contributed by atoms with van der Waals surface area (Å²) in [7, 11) is 0. The maximum Gasteiger partial charge on any atom is 0.206 e. The van der Waals surface area contributed by atoms with E-state index in [-0.39, 0.29) is 0 Å². The first-order valence-corrected chi connectivity index (χ1v) is 5.52. The zero-order valence-corrected chi connectivity index (χ0v) is 9.22. The van der Waals surface area contributed by atoms with Crippen LogP contribution in [0.4, 0.5) is 0 Å². The Kier molecular flexibility index (Phi) is 2.42. The lowest BCUT2D eigenvalue weighted by atomic mass is 10.2. The third-order valence-electron chi connectivity index (χ3n) is 2.65. The highest BCUT2D eigenvalue weighted by Gasteiger charge is 2.14. The van der Waals surface area contributed by atoms with Gasteiger partial charge in [-0.15, -0.1) is 0 Å². The molecule has 0 spiro atoms. The van der Waals surface area contributed by atoms with Gasteiger partial charge in [0.2, 0.25) is 5.58 Å². The largest absolute Gasteiger partial charge is 0.450 e. The second kappa shape index (κ2) is 4.07. The molecule has 2 N–H and O–H groups in total. The molecule has 0 radical (unpaired) electrons. The number of nitrogens with zero attached hydrogens (tertiary/aromatic N) is 1. The van der Waals surface area contributed by atoms with Gasteiger partial charge in [0.25, 0.3) is 0 Å². The number of benzene rings is 1. The Bertz CT molecular complexity index is 625. The van der Waals surface area contributed by atoms with Crippen LogP contribution in [0.15, 0.2) is 45.3 Å². The molecule has 0 aliphatic heterocycles. The fourth-order valence-corrected chi connectivity index (χ4v) is 1.83. The Morgan fingerprint density at radius 1 is 1.18 bits per heavy atom. The van der Waals surface area contributed by atoms with Crippen LogP contribution < -0.4 is 5.73 Å². The Morgan fingerprint density at radius 3 is 2.76 bits per heavy atom. The maximum atomic E-state index is 5.77. The van der Waals surface area contributed by atoms with Crippen molar-refractivity contribution in [2.45, 2.75) is 6.42 Å². The smallest absolute Gasteiger partial charge is 0.206 e. The van der Waals surface area contributed by atoms with Crippen molar-refractivity contribution in [1.82, 2.24) is 5.16 Å². The maximum absolute atomic E-state index is 5.77. The molecule has 0 bridgehead atoms. The van der Waals surface area contributed by atoms with E-state index < -0.39 is 0 Å². The van der Waals surface area contributed by atoms with Gasteiger partial charge in [0, 0.05) is 18.1 Å². The minimum atomic E-state index is 0.531. The predicted molar refractivity (Wildman–Crippen MR) is 64.5 cm³/mol. The molecule has 86 valence electrons. The lowest BCUT2D eigenvalue weighted by Crippen LogP contribution is -2.02. The normalized spacial score (nSPS) is 11.1. The number of rotatable bonds is 3. The van der Waals surface area contributed by atoms with Gasteiger partial charge in [-0.05, 0) is 6.54 Å². The van der Waals surface area contributed by atoms with Crippen molar-refractivity contribution in [3.8, 4) is 11.3 Å². The van der Waals surface area contributed by atoms with E-state index in [4.69, 9.17) is 14.7 Å². The molecule has 0 saturated heterocycles. The molecular formula is C13H12N2O2. The summed E-state index contributed by atoms with van der Waals surface area (Å²) in [5.74, 6) is 0.792. The highest BCUT2D eigenvalue weighted by atomic mass is 16.5. The molecule has 0 aliphatic rings. The van der Waals surface area contributed by atoms with E-state index >= 15 is 0 Å². The lowest BCUT2D eigenvalue weighted by molar-refractivity contribution is 0.446. The Labute approximate surface area is 98.0 Å². The second-order valence-electron chi connectivity index (χ2n) is 3.84. The first-order chi connectivity index (χ1) is 8.38. The van der Waals surface area contributed by atoms with Crippen molar-refractivity contribution in [2.24, 2.45) is 5.73 Å². The van der Waals surface area contributed by atoms with Gasteiger partial charge in [-0.1, -0.05) is 35.5 Å². The first kappa shape index (κ1) is 10.1. The van der Waals surface area contributed by atoms with Crippen molar-refractivity contribution in [1.29, 1.82) is 0 Å². The molecule has 3 aromatic rings. The molecule has 0 amide bonds. The topological polar surface area (TPSA) is 65.2 Å². The van der Waals surface area contributed by atoms with Gasteiger partial charge in [-0.2, -0.15) is 0 Å². The summed E-state index contributed by atoms with van der Waals surface area (Å²) < 4.78 is 11.0. The van der Waals surface area contributed by atoms with Crippen LogP contribution in [0.1, 0.15) is 5.69 Å². The van der Waals surface area contributed by atoms with Crippen molar-refractivity contribution < 1.29 is 8.94 Å². The van der Waals surface area contributed by atoms with E-state index in [1.54, 1.807) is 0 Å². The quantitative estimate of drug-likeness (QED) is 0.748. The van der Waals surface area contributed by atoms with Crippen LogP contribution in [0, 0.1) is 0 Å². The zero-order chi connectivity index (χ0) is 11.7. The number of fused-ring (bicyclic) bond motifs is 1. The predicted octanol–water partition coefficient (Wildman–Crippen LogP) is 2.59. The van der Waals surface area contributed by atoms with Crippen LogP contribution in [0.3, 0.4) is 0 Å². The fourth-order valence-electron chi connectivity index (χ4n) is 1.83. The van der Waals surface area contributed by atoms with Crippen LogP contribution in [0.5, 0.6) is 0 Å². The minimum Gasteiger partial charge on any atom is -0.450 e. The highest BCUT2D eigenvalue weighted by molar-refractivity contribution is 5.79. The SMILES string of the molecule is NCCc1noc2cc(-c3ccccc3)oc12. The minimum absolute atomic E-state index is 0.531. The molecule has 4 nitrogen and oxygen atoms in total. The molecule has 2 heterocycles. The Balaban J connectivity index is 2.08. The number of nitrogens with two attached hydrogens (primary N) is 1. The molecule has 0 unspecified atom stereocenters. The molecule has 0 fully saturated rings. The fraction of sp³-hybridized carbons (Fsp3) is 0.154. The van der Waals surface area contributed by atoms with Crippen LogP contribution >= 0.6 is 0 Å². The molecule has 3 rings (SSSR count). The summed E-state index contributed by atoms with van der Waals surface area (Å²) in [5, 5.41) is 3.93. The van der Waals surface area contributed by atoms with Crippen LogP contribution in [-0.2, 0) is 6.42 Å². The molecule has 0 atom stereocenters. The second-order valence-corrected chi connectivity index (χ2v) is 3.84. The van der Waals surface area contributed by atoms with E-state index in [9.17, 15) is 0 Å². The van der Waals surface area contributed by atoms with Gasteiger partial charge >= 0.3 is 0 Å². The van der Waals surface area contributed by atoms with Crippen molar-refractivity contribution in [3.05, 3.63) is 42.1 Å². The molecule has 4 heteroatoms. The van der Waals surface area contributed by atoms with Crippen LogP contribution in [0.2, 0.25) is 0 Å². The summed E-state index contributed by atoms with van der Waals surface area (Å²) >= 11 is 0. The summed E-state index contributed by atoms with van der Waals surface area (Å²) in [4.78, 5) is 0. The molecule has 0 aliphatic carbocycles. The standard InChI is InChI=1S/C13H12N2O2/c14-7-6-10-13-12(17-15-10)8-11(16-13)9-4-2-1-3-5-9/h1-5,8H,6-7,14H2. The van der Waals surface area contributed by atoms with Crippen LogP contribution in [-0.4, -0.2) is 11.7 Å². The third kappa shape index (κ3) is 1.72. The number of hydrogen-bond acceptors (Lipinski definition) is 4. The molecule has 0 saturated carbocycles. The van der Waals surface area contributed by atoms with Gasteiger partial charge in [-0.3, -0.25) is 0 Å². The molecule has 17 heavy (non-hydrogen) atoms. The summed E-state index contributed by atoms with van der Waals surface area (Å²) in [6, 6.07) is 11.8. The van der Waals surface area contributed by atoms with Gasteiger partial charge in [0.15, 0.2) is 5.58 Å². The summed E-state index contributed by atoms with van der Waals surface area (Å²) in [6.45, 7) is 0.531. The van der Waals surface area contributed by atoms with Crippen molar-refractivity contribution in [2.75, 3.05) is 6.54 Å². The van der Waals surface area contributed by atoms with E-state index in [1.807, 2.05) is 36.4 Å². The Morgan fingerprint density at radius 2 is 2.00 bits per heavy atom.